The average Bonchev–Trinajstić information content (AvgIpc) is 3.12. The minimum Gasteiger partial charge on any atom is -0.752 e. The van der Waals surface area contributed by atoms with Crippen LogP contribution < -0.4 is 4.57 Å². The number of imidazole rings is 1. The standard InChI is InChI=1S/C29H31N3S/c1-18-14-21(4)26(22(5)15-18)31-12-13-32(27-23(6)16-19(2)17-24(27)7)29(31)28(33)30-25-11-9-8-10-20(25)3/h8-17H,1-7H3. The lowest BCUT2D eigenvalue weighted by Gasteiger charge is -2.16. The molecular weight excluding hydrogens is 422 g/mol. The summed E-state index contributed by atoms with van der Waals surface area (Å²) >= 11 is 6.01. The molecule has 4 rings (SSSR count). The number of hydrogen-bond donors (Lipinski definition) is 0. The number of aromatic nitrogens is 2. The van der Waals surface area contributed by atoms with E-state index in [4.69, 9.17) is 17.6 Å². The van der Waals surface area contributed by atoms with Gasteiger partial charge in [-0.25, -0.2) is 0 Å². The highest BCUT2D eigenvalue weighted by Crippen LogP contribution is 2.25. The van der Waals surface area contributed by atoms with Gasteiger partial charge in [-0.15, -0.1) is 0 Å². The lowest BCUT2D eigenvalue weighted by Crippen LogP contribution is -2.38. The van der Waals surface area contributed by atoms with Gasteiger partial charge in [-0.1, -0.05) is 53.6 Å². The number of hydrogen-bond acceptors (Lipinski definition) is 2. The maximum Gasteiger partial charge on any atom is 0.290 e. The molecule has 0 bridgehead atoms. The molecule has 0 fully saturated rings. The van der Waals surface area contributed by atoms with Crippen LogP contribution in [0.1, 0.15) is 44.8 Å². The number of rotatable bonds is 4. The van der Waals surface area contributed by atoms with E-state index < -0.39 is 0 Å². The Labute approximate surface area is 202 Å². The largest absolute Gasteiger partial charge is 0.752 e. The van der Waals surface area contributed by atoms with E-state index in [1.54, 1.807) is 0 Å². The van der Waals surface area contributed by atoms with Crippen LogP contribution in [-0.4, -0.2) is 9.61 Å². The van der Waals surface area contributed by atoms with Crippen LogP contribution in [0.25, 0.3) is 11.4 Å². The molecule has 4 aromatic rings. The predicted octanol–water partition coefficient (Wildman–Crippen LogP) is 6.54. The molecule has 0 N–H and O–H groups in total. The monoisotopic (exact) mass is 453 g/mol. The normalized spacial score (nSPS) is 11.8. The van der Waals surface area contributed by atoms with Crippen LogP contribution >= 0.6 is 0 Å². The summed E-state index contributed by atoms with van der Waals surface area (Å²) < 4.78 is 4.40. The Bertz CT molecular complexity index is 1270. The summed E-state index contributed by atoms with van der Waals surface area (Å²) in [7, 11) is 0. The van der Waals surface area contributed by atoms with Crippen LogP contribution in [0, 0.1) is 48.5 Å². The molecule has 4 heteroatoms. The van der Waals surface area contributed by atoms with E-state index in [9.17, 15) is 0 Å². The van der Waals surface area contributed by atoms with Gasteiger partial charge in [-0.05, 0) is 82.3 Å². The Morgan fingerprint density at radius 1 is 0.758 bits per heavy atom. The molecule has 0 saturated heterocycles. The van der Waals surface area contributed by atoms with Gasteiger partial charge >= 0.3 is 0 Å². The van der Waals surface area contributed by atoms with Crippen molar-refractivity contribution in [2.24, 2.45) is 4.99 Å². The summed E-state index contributed by atoms with van der Waals surface area (Å²) in [5, 5.41) is 0.563. The molecule has 0 unspecified atom stereocenters. The first-order chi connectivity index (χ1) is 15.7. The Morgan fingerprint density at radius 3 is 1.88 bits per heavy atom. The molecule has 0 amide bonds. The second-order valence-electron chi connectivity index (χ2n) is 9.06. The molecule has 0 aliphatic heterocycles. The summed E-state index contributed by atoms with van der Waals surface area (Å²) in [5.41, 5.74) is 11.7. The van der Waals surface area contributed by atoms with Gasteiger partial charge in [0.15, 0.2) is 0 Å². The highest BCUT2D eigenvalue weighted by atomic mass is 32.1. The van der Waals surface area contributed by atoms with E-state index in [-0.39, 0.29) is 0 Å². The van der Waals surface area contributed by atoms with Crippen molar-refractivity contribution in [3.63, 3.8) is 0 Å². The maximum absolute atomic E-state index is 6.01. The SMILES string of the molecule is Cc1cc(C)c(-n2cc[n+](-c3c(C)cc(C)cc3C)c2C([S-])=Nc2ccccc2C)c(C)c1. The molecule has 1 heterocycles. The van der Waals surface area contributed by atoms with E-state index in [0.717, 1.165) is 28.5 Å². The zero-order chi connectivity index (χ0) is 23.9. The Hall–Kier alpha value is -3.24. The molecule has 33 heavy (non-hydrogen) atoms. The van der Waals surface area contributed by atoms with Gasteiger partial charge in [0.25, 0.3) is 5.82 Å². The third-order valence-corrected chi connectivity index (χ3v) is 6.38. The van der Waals surface area contributed by atoms with Gasteiger partial charge in [0.1, 0.15) is 23.8 Å². The number of nitrogens with zero attached hydrogens (tertiary/aromatic N) is 3. The third-order valence-electron chi connectivity index (χ3n) is 6.10. The summed E-state index contributed by atoms with van der Waals surface area (Å²) in [5.74, 6) is 0.887. The average molecular weight is 454 g/mol. The van der Waals surface area contributed by atoms with Crippen molar-refractivity contribution < 1.29 is 4.57 Å². The molecular formula is C29H31N3S. The van der Waals surface area contributed by atoms with Crippen molar-refractivity contribution >= 4 is 23.4 Å². The lowest BCUT2D eigenvalue weighted by atomic mass is 10.0. The quantitative estimate of drug-likeness (QED) is 0.149. The van der Waals surface area contributed by atoms with Gasteiger partial charge in [-0.2, -0.15) is 9.13 Å². The molecule has 0 spiro atoms. The molecule has 3 aromatic carbocycles. The van der Waals surface area contributed by atoms with Gasteiger partial charge in [0, 0.05) is 5.04 Å². The Morgan fingerprint density at radius 2 is 1.30 bits per heavy atom. The molecule has 0 atom stereocenters. The molecule has 3 nitrogen and oxygen atoms in total. The summed E-state index contributed by atoms with van der Waals surface area (Å²) in [6.07, 6.45) is 4.22. The van der Waals surface area contributed by atoms with Crippen molar-refractivity contribution in [1.82, 2.24) is 4.57 Å². The zero-order valence-electron chi connectivity index (χ0n) is 20.5. The van der Waals surface area contributed by atoms with Crippen molar-refractivity contribution in [1.29, 1.82) is 0 Å². The van der Waals surface area contributed by atoms with Gasteiger partial charge in [-0.3, -0.25) is 4.99 Å². The minimum absolute atomic E-state index is 0.563. The Kier molecular flexibility index (Phi) is 6.22. The van der Waals surface area contributed by atoms with Crippen molar-refractivity contribution in [3.8, 4) is 11.4 Å². The number of benzene rings is 3. The molecule has 0 radical (unpaired) electrons. The first-order valence-electron chi connectivity index (χ1n) is 11.3. The summed E-state index contributed by atoms with van der Waals surface area (Å²) in [6, 6.07) is 17.0. The fraction of sp³-hybridized carbons (Fsp3) is 0.241. The van der Waals surface area contributed by atoms with Crippen LogP contribution in [0.3, 0.4) is 0 Å². The second-order valence-corrected chi connectivity index (χ2v) is 9.45. The van der Waals surface area contributed by atoms with E-state index >= 15 is 0 Å². The van der Waals surface area contributed by atoms with E-state index in [2.05, 4.69) is 100 Å². The molecule has 0 aliphatic carbocycles. The number of aryl methyl sites for hydroxylation is 7. The molecule has 1 aromatic heterocycles. The maximum atomic E-state index is 6.01. The van der Waals surface area contributed by atoms with Gasteiger partial charge in [0.2, 0.25) is 0 Å². The minimum atomic E-state index is 0.563. The zero-order valence-corrected chi connectivity index (χ0v) is 21.3. The fourth-order valence-electron chi connectivity index (χ4n) is 4.91. The van der Waals surface area contributed by atoms with Crippen molar-refractivity contribution in [2.45, 2.75) is 48.5 Å². The molecule has 168 valence electrons. The smallest absolute Gasteiger partial charge is 0.290 e. The van der Waals surface area contributed by atoms with Gasteiger partial charge in [0.05, 0.1) is 5.69 Å². The van der Waals surface area contributed by atoms with Crippen LogP contribution in [0.5, 0.6) is 0 Å². The first-order valence-corrected chi connectivity index (χ1v) is 11.7. The number of aliphatic imine (C=N–C) groups is 1. The summed E-state index contributed by atoms with van der Waals surface area (Å²) in [4.78, 5) is 4.92. The van der Waals surface area contributed by atoms with Crippen LogP contribution in [0.15, 0.2) is 65.9 Å². The van der Waals surface area contributed by atoms with Crippen LogP contribution in [0.2, 0.25) is 0 Å². The second kappa shape index (κ2) is 8.95. The van der Waals surface area contributed by atoms with Crippen LogP contribution in [-0.2, 0) is 12.6 Å². The van der Waals surface area contributed by atoms with E-state index in [1.165, 1.54) is 33.4 Å². The Balaban J connectivity index is 2.04. The van der Waals surface area contributed by atoms with Crippen molar-refractivity contribution in [2.75, 3.05) is 0 Å². The van der Waals surface area contributed by atoms with Gasteiger partial charge < -0.3 is 12.6 Å². The van der Waals surface area contributed by atoms with E-state index in [1.807, 2.05) is 18.2 Å². The fourth-order valence-corrected chi connectivity index (χ4v) is 5.21. The lowest BCUT2D eigenvalue weighted by molar-refractivity contribution is -0.596. The van der Waals surface area contributed by atoms with Crippen molar-refractivity contribution in [3.05, 3.63) is 106 Å². The predicted molar refractivity (Wildman–Crippen MR) is 140 cm³/mol. The van der Waals surface area contributed by atoms with Crippen LogP contribution in [0.4, 0.5) is 5.69 Å². The van der Waals surface area contributed by atoms with E-state index in [0.29, 0.717) is 5.04 Å². The molecule has 0 aliphatic rings. The first kappa shape index (κ1) is 22.9. The highest BCUT2D eigenvalue weighted by Gasteiger charge is 2.25. The third kappa shape index (κ3) is 4.36. The molecule has 0 saturated carbocycles. The number of para-hydroxylation sites is 1. The summed E-state index contributed by atoms with van der Waals surface area (Å²) in [6.45, 7) is 15.0. The highest BCUT2D eigenvalue weighted by molar-refractivity contribution is 7.78. The topological polar surface area (TPSA) is 21.2 Å².